The Balaban J connectivity index is 1.73. The molecule has 3 heterocycles. The third-order valence-electron chi connectivity index (χ3n) is 3.94. The van der Waals surface area contributed by atoms with Crippen LogP contribution in [0.1, 0.15) is 25.7 Å². The van der Waals surface area contributed by atoms with Gasteiger partial charge >= 0.3 is 0 Å². The van der Waals surface area contributed by atoms with Gasteiger partial charge in [-0.25, -0.2) is 0 Å². The second-order valence-electron chi connectivity index (χ2n) is 5.40. The molecule has 0 N–H and O–H groups in total. The van der Waals surface area contributed by atoms with Gasteiger partial charge in [0.2, 0.25) is 5.91 Å². The number of hydrogen-bond acceptors (Lipinski definition) is 3. The Morgan fingerprint density at radius 1 is 1.00 bits per heavy atom. The Bertz CT molecular complexity index is 585. The molecular weight excluding hydrogens is 264 g/mol. The summed E-state index contributed by atoms with van der Waals surface area (Å²) < 4.78 is 1.78. The molecule has 5 heteroatoms. The maximum absolute atomic E-state index is 12.5. The van der Waals surface area contributed by atoms with E-state index in [0.29, 0.717) is 6.54 Å². The molecular formula is C16H20N4O. The summed E-state index contributed by atoms with van der Waals surface area (Å²) in [6.07, 6.45) is 9.93. The highest BCUT2D eigenvalue weighted by atomic mass is 16.2. The third-order valence-corrected chi connectivity index (χ3v) is 3.94. The van der Waals surface area contributed by atoms with E-state index in [9.17, 15) is 4.79 Å². The maximum atomic E-state index is 12.5. The van der Waals surface area contributed by atoms with Crippen molar-refractivity contribution in [3.63, 3.8) is 0 Å². The monoisotopic (exact) mass is 284 g/mol. The van der Waals surface area contributed by atoms with E-state index in [0.717, 1.165) is 37.2 Å². The van der Waals surface area contributed by atoms with Crippen molar-refractivity contribution in [1.29, 1.82) is 0 Å². The molecule has 1 aliphatic rings. The van der Waals surface area contributed by atoms with E-state index in [1.807, 2.05) is 23.1 Å². The molecule has 1 aliphatic heterocycles. The molecule has 1 amide bonds. The van der Waals surface area contributed by atoms with Crippen LogP contribution in [0.25, 0.3) is 11.3 Å². The topological polar surface area (TPSA) is 51.0 Å². The Labute approximate surface area is 124 Å². The van der Waals surface area contributed by atoms with Gasteiger partial charge in [0, 0.05) is 37.2 Å². The minimum atomic E-state index is 0.163. The van der Waals surface area contributed by atoms with Gasteiger partial charge < -0.3 is 4.90 Å². The van der Waals surface area contributed by atoms with Crippen molar-refractivity contribution in [2.45, 2.75) is 32.2 Å². The minimum Gasteiger partial charge on any atom is -0.341 e. The average molecular weight is 284 g/mol. The first kappa shape index (κ1) is 13.8. The molecule has 0 radical (unpaired) electrons. The zero-order chi connectivity index (χ0) is 14.5. The SMILES string of the molecule is O=C(Cn1nccc1-c1ccncc1)N1CCCCCC1. The predicted molar refractivity (Wildman–Crippen MR) is 80.5 cm³/mol. The minimum absolute atomic E-state index is 0.163. The van der Waals surface area contributed by atoms with Gasteiger partial charge in [0.05, 0.1) is 5.69 Å². The van der Waals surface area contributed by atoms with E-state index in [1.54, 1.807) is 23.3 Å². The number of hydrogen-bond donors (Lipinski definition) is 0. The van der Waals surface area contributed by atoms with Crippen LogP contribution in [-0.4, -0.2) is 38.7 Å². The van der Waals surface area contributed by atoms with Crippen molar-refractivity contribution in [3.8, 4) is 11.3 Å². The lowest BCUT2D eigenvalue weighted by Gasteiger charge is -2.20. The molecule has 0 unspecified atom stereocenters. The standard InChI is InChI=1S/C16H20N4O/c21-16(19-11-3-1-2-4-12-19)13-20-15(7-10-18-20)14-5-8-17-9-6-14/h5-10H,1-4,11-13H2. The van der Waals surface area contributed by atoms with Crippen molar-refractivity contribution in [1.82, 2.24) is 19.7 Å². The average Bonchev–Trinajstić information content (AvgIpc) is 2.81. The highest BCUT2D eigenvalue weighted by Gasteiger charge is 2.17. The molecule has 0 bridgehead atoms. The summed E-state index contributed by atoms with van der Waals surface area (Å²) in [4.78, 5) is 18.5. The smallest absolute Gasteiger partial charge is 0.244 e. The van der Waals surface area contributed by atoms with Crippen LogP contribution in [0.15, 0.2) is 36.8 Å². The number of likely N-dealkylation sites (tertiary alicyclic amines) is 1. The maximum Gasteiger partial charge on any atom is 0.244 e. The van der Waals surface area contributed by atoms with E-state index in [2.05, 4.69) is 10.1 Å². The molecule has 1 fully saturated rings. The summed E-state index contributed by atoms with van der Waals surface area (Å²) in [5, 5.41) is 4.30. The van der Waals surface area contributed by atoms with Gasteiger partial charge in [0.25, 0.3) is 0 Å². The van der Waals surface area contributed by atoms with Crippen LogP contribution in [0.4, 0.5) is 0 Å². The van der Waals surface area contributed by atoms with Crippen LogP contribution in [0.5, 0.6) is 0 Å². The second-order valence-corrected chi connectivity index (χ2v) is 5.40. The lowest BCUT2D eigenvalue weighted by atomic mass is 10.2. The van der Waals surface area contributed by atoms with Crippen molar-refractivity contribution >= 4 is 5.91 Å². The highest BCUT2D eigenvalue weighted by Crippen LogP contribution is 2.18. The number of rotatable bonds is 3. The Kier molecular flexibility index (Phi) is 4.28. The lowest BCUT2D eigenvalue weighted by Crippen LogP contribution is -2.34. The molecule has 0 aliphatic carbocycles. The van der Waals surface area contributed by atoms with Gasteiger partial charge in [-0.3, -0.25) is 14.5 Å². The van der Waals surface area contributed by atoms with Crippen molar-refractivity contribution in [2.24, 2.45) is 0 Å². The fourth-order valence-corrected chi connectivity index (χ4v) is 2.77. The molecule has 110 valence electrons. The summed E-state index contributed by atoms with van der Waals surface area (Å²) in [6.45, 7) is 2.07. The van der Waals surface area contributed by atoms with E-state index in [1.165, 1.54) is 12.8 Å². The zero-order valence-electron chi connectivity index (χ0n) is 12.1. The van der Waals surface area contributed by atoms with Crippen molar-refractivity contribution < 1.29 is 4.79 Å². The molecule has 1 saturated heterocycles. The van der Waals surface area contributed by atoms with E-state index in [4.69, 9.17) is 0 Å². The van der Waals surface area contributed by atoms with Gasteiger partial charge in [0.1, 0.15) is 6.54 Å². The fourth-order valence-electron chi connectivity index (χ4n) is 2.77. The molecule has 21 heavy (non-hydrogen) atoms. The number of carbonyl (C=O) groups excluding carboxylic acids is 1. The number of nitrogens with zero attached hydrogens (tertiary/aromatic N) is 4. The summed E-state index contributed by atoms with van der Waals surface area (Å²) in [5.41, 5.74) is 1.99. The highest BCUT2D eigenvalue weighted by molar-refractivity contribution is 5.76. The van der Waals surface area contributed by atoms with Crippen LogP contribution >= 0.6 is 0 Å². The molecule has 0 aromatic carbocycles. The largest absolute Gasteiger partial charge is 0.341 e. The second kappa shape index (κ2) is 6.52. The molecule has 2 aromatic heterocycles. The zero-order valence-corrected chi connectivity index (χ0v) is 12.1. The Morgan fingerprint density at radius 2 is 1.71 bits per heavy atom. The van der Waals surface area contributed by atoms with Gasteiger partial charge in [-0.2, -0.15) is 5.10 Å². The summed E-state index contributed by atoms with van der Waals surface area (Å²) in [5.74, 6) is 0.163. The van der Waals surface area contributed by atoms with Crippen LogP contribution in [0.2, 0.25) is 0 Å². The van der Waals surface area contributed by atoms with Gasteiger partial charge in [-0.1, -0.05) is 12.8 Å². The Morgan fingerprint density at radius 3 is 2.43 bits per heavy atom. The molecule has 0 spiro atoms. The number of carbonyl (C=O) groups is 1. The van der Waals surface area contributed by atoms with Crippen molar-refractivity contribution in [3.05, 3.63) is 36.8 Å². The molecule has 0 saturated carbocycles. The first-order valence-electron chi connectivity index (χ1n) is 7.54. The number of pyridine rings is 1. The summed E-state index contributed by atoms with van der Waals surface area (Å²) >= 11 is 0. The summed E-state index contributed by atoms with van der Waals surface area (Å²) in [7, 11) is 0. The van der Waals surface area contributed by atoms with Crippen LogP contribution < -0.4 is 0 Å². The predicted octanol–water partition coefficient (Wildman–Crippen LogP) is 2.35. The van der Waals surface area contributed by atoms with Crippen molar-refractivity contribution in [2.75, 3.05) is 13.1 Å². The van der Waals surface area contributed by atoms with E-state index in [-0.39, 0.29) is 5.91 Å². The molecule has 5 nitrogen and oxygen atoms in total. The van der Waals surface area contributed by atoms with Crippen LogP contribution in [-0.2, 0) is 11.3 Å². The van der Waals surface area contributed by atoms with E-state index >= 15 is 0 Å². The van der Waals surface area contributed by atoms with Crippen LogP contribution in [0.3, 0.4) is 0 Å². The number of amides is 1. The van der Waals surface area contributed by atoms with E-state index < -0.39 is 0 Å². The normalized spacial score (nSPS) is 15.7. The van der Waals surface area contributed by atoms with Gasteiger partial charge in [-0.15, -0.1) is 0 Å². The molecule has 2 aromatic rings. The first-order valence-corrected chi connectivity index (χ1v) is 7.54. The Hall–Kier alpha value is -2.17. The summed E-state index contributed by atoms with van der Waals surface area (Å²) in [6, 6.07) is 5.80. The molecule has 0 atom stereocenters. The fraction of sp³-hybridized carbons (Fsp3) is 0.438. The lowest BCUT2D eigenvalue weighted by molar-refractivity contribution is -0.131. The quantitative estimate of drug-likeness (QED) is 0.869. The van der Waals surface area contributed by atoms with Gasteiger partial charge in [0.15, 0.2) is 0 Å². The van der Waals surface area contributed by atoms with Crippen LogP contribution in [0, 0.1) is 0 Å². The third kappa shape index (κ3) is 3.29. The first-order chi connectivity index (χ1) is 10.3. The number of aromatic nitrogens is 3. The van der Waals surface area contributed by atoms with Gasteiger partial charge in [-0.05, 0) is 31.0 Å². The molecule has 3 rings (SSSR count).